The first-order valence-electron chi connectivity index (χ1n) is 5.67. The standard InChI is InChI=1S/C12H19N3.ClH/c1-9-3-2-4-11(15-9)12(13)10-5-7-14-8-6-10;/h2-4,10,12,14H,5-8,13H2,1H3;1H/t12-;/m1./s1. The highest BCUT2D eigenvalue weighted by Gasteiger charge is 2.22. The van der Waals surface area contributed by atoms with Crippen LogP contribution in [-0.4, -0.2) is 18.1 Å². The lowest BCUT2D eigenvalue weighted by Gasteiger charge is -2.27. The van der Waals surface area contributed by atoms with Gasteiger partial charge in [-0.25, -0.2) is 0 Å². The highest BCUT2D eigenvalue weighted by atomic mass is 35.5. The number of nitrogens with zero attached hydrogens (tertiary/aromatic N) is 1. The van der Waals surface area contributed by atoms with E-state index in [0.717, 1.165) is 37.3 Å². The molecule has 0 unspecified atom stereocenters. The first-order chi connectivity index (χ1) is 7.27. The second kappa shape index (κ2) is 6.18. The van der Waals surface area contributed by atoms with E-state index in [1.807, 2.05) is 25.1 Å². The molecule has 4 heteroatoms. The van der Waals surface area contributed by atoms with Crippen LogP contribution < -0.4 is 11.1 Å². The van der Waals surface area contributed by atoms with Crippen molar-refractivity contribution in [1.29, 1.82) is 0 Å². The molecule has 1 fully saturated rings. The monoisotopic (exact) mass is 241 g/mol. The Balaban J connectivity index is 0.00000128. The van der Waals surface area contributed by atoms with Crippen LogP contribution >= 0.6 is 12.4 Å². The van der Waals surface area contributed by atoms with Gasteiger partial charge in [0.1, 0.15) is 0 Å². The van der Waals surface area contributed by atoms with Crippen LogP contribution in [0.15, 0.2) is 18.2 Å². The summed E-state index contributed by atoms with van der Waals surface area (Å²) in [7, 11) is 0. The Morgan fingerprint density at radius 3 is 2.69 bits per heavy atom. The number of aryl methyl sites for hydroxylation is 1. The molecule has 3 N–H and O–H groups in total. The number of piperidine rings is 1. The third-order valence-corrected chi connectivity index (χ3v) is 3.14. The molecule has 16 heavy (non-hydrogen) atoms. The van der Waals surface area contributed by atoms with Gasteiger partial charge in [0, 0.05) is 11.7 Å². The van der Waals surface area contributed by atoms with Gasteiger partial charge in [0.25, 0.3) is 0 Å². The molecule has 2 rings (SSSR count). The van der Waals surface area contributed by atoms with Gasteiger partial charge >= 0.3 is 0 Å². The van der Waals surface area contributed by atoms with E-state index in [-0.39, 0.29) is 18.4 Å². The van der Waals surface area contributed by atoms with Crippen LogP contribution in [0, 0.1) is 12.8 Å². The van der Waals surface area contributed by atoms with E-state index in [1.165, 1.54) is 0 Å². The normalized spacial score (nSPS) is 18.9. The lowest BCUT2D eigenvalue weighted by molar-refractivity contribution is 0.318. The maximum atomic E-state index is 6.25. The number of halogens is 1. The molecule has 0 spiro atoms. The fraction of sp³-hybridized carbons (Fsp3) is 0.583. The van der Waals surface area contributed by atoms with Crippen molar-refractivity contribution in [2.75, 3.05) is 13.1 Å². The van der Waals surface area contributed by atoms with Crippen molar-refractivity contribution in [3.05, 3.63) is 29.6 Å². The Morgan fingerprint density at radius 2 is 2.06 bits per heavy atom. The third-order valence-electron chi connectivity index (χ3n) is 3.14. The minimum atomic E-state index is 0. The Bertz CT molecular complexity index is 324. The summed E-state index contributed by atoms with van der Waals surface area (Å²) in [5.74, 6) is 0.584. The molecule has 1 aromatic rings. The molecular formula is C12H20ClN3. The summed E-state index contributed by atoms with van der Waals surface area (Å²) < 4.78 is 0. The maximum Gasteiger partial charge on any atom is 0.0577 e. The minimum Gasteiger partial charge on any atom is -0.322 e. The lowest BCUT2D eigenvalue weighted by atomic mass is 9.89. The van der Waals surface area contributed by atoms with Gasteiger partial charge < -0.3 is 11.1 Å². The lowest BCUT2D eigenvalue weighted by Crippen LogP contribution is -2.34. The van der Waals surface area contributed by atoms with Crippen molar-refractivity contribution in [2.24, 2.45) is 11.7 Å². The topological polar surface area (TPSA) is 50.9 Å². The molecule has 1 saturated heterocycles. The predicted octanol–water partition coefficient (Wildman–Crippen LogP) is 1.81. The number of aromatic nitrogens is 1. The minimum absolute atomic E-state index is 0. The van der Waals surface area contributed by atoms with E-state index in [0.29, 0.717) is 5.92 Å². The first kappa shape index (κ1) is 13.4. The summed E-state index contributed by atoms with van der Waals surface area (Å²) in [4.78, 5) is 4.50. The van der Waals surface area contributed by atoms with Crippen molar-refractivity contribution in [1.82, 2.24) is 10.3 Å². The van der Waals surface area contributed by atoms with E-state index in [2.05, 4.69) is 10.3 Å². The van der Waals surface area contributed by atoms with Crippen LogP contribution in [0.3, 0.4) is 0 Å². The fourth-order valence-electron chi connectivity index (χ4n) is 2.19. The van der Waals surface area contributed by atoms with Crippen molar-refractivity contribution in [2.45, 2.75) is 25.8 Å². The average Bonchev–Trinajstić information content (AvgIpc) is 2.29. The van der Waals surface area contributed by atoms with Gasteiger partial charge in [0.15, 0.2) is 0 Å². The quantitative estimate of drug-likeness (QED) is 0.831. The van der Waals surface area contributed by atoms with Gasteiger partial charge in [0.05, 0.1) is 5.69 Å². The SMILES string of the molecule is Cc1cccc([C@H](N)C2CCNCC2)n1.Cl. The molecule has 2 heterocycles. The van der Waals surface area contributed by atoms with Gasteiger partial charge in [-0.1, -0.05) is 6.07 Å². The molecular weight excluding hydrogens is 222 g/mol. The molecule has 1 atom stereocenters. The van der Waals surface area contributed by atoms with E-state index in [1.54, 1.807) is 0 Å². The fourth-order valence-corrected chi connectivity index (χ4v) is 2.19. The first-order valence-corrected chi connectivity index (χ1v) is 5.67. The number of pyridine rings is 1. The van der Waals surface area contributed by atoms with E-state index in [4.69, 9.17) is 5.73 Å². The predicted molar refractivity (Wildman–Crippen MR) is 68.7 cm³/mol. The van der Waals surface area contributed by atoms with Crippen molar-refractivity contribution >= 4 is 12.4 Å². The third kappa shape index (κ3) is 3.17. The van der Waals surface area contributed by atoms with Crippen molar-refractivity contribution in [3.63, 3.8) is 0 Å². The average molecular weight is 242 g/mol. The number of hydrogen-bond acceptors (Lipinski definition) is 3. The van der Waals surface area contributed by atoms with Crippen LogP contribution in [0.1, 0.15) is 30.3 Å². The summed E-state index contributed by atoms with van der Waals surface area (Å²) in [5, 5.41) is 3.36. The molecule has 1 aromatic heterocycles. The second-order valence-electron chi connectivity index (χ2n) is 4.32. The molecule has 90 valence electrons. The highest BCUT2D eigenvalue weighted by molar-refractivity contribution is 5.85. The molecule has 0 saturated carbocycles. The van der Waals surface area contributed by atoms with Crippen LogP contribution in [0.2, 0.25) is 0 Å². The Kier molecular flexibility index (Phi) is 5.19. The summed E-state index contributed by atoms with van der Waals surface area (Å²) >= 11 is 0. The Morgan fingerprint density at radius 1 is 1.38 bits per heavy atom. The second-order valence-corrected chi connectivity index (χ2v) is 4.32. The van der Waals surface area contributed by atoms with Gasteiger partial charge in [-0.3, -0.25) is 4.98 Å². The smallest absolute Gasteiger partial charge is 0.0577 e. The summed E-state index contributed by atoms with van der Waals surface area (Å²) in [6.45, 7) is 4.19. The van der Waals surface area contributed by atoms with E-state index < -0.39 is 0 Å². The molecule has 0 bridgehead atoms. The maximum absolute atomic E-state index is 6.25. The zero-order valence-electron chi connectivity index (χ0n) is 9.65. The molecule has 1 aliphatic rings. The van der Waals surface area contributed by atoms with E-state index >= 15 is 0 Å². The summed E-state index contributed by atoms with van der Waals surface area (Å²) in [5.41, 5.74) is 8.34. The van der Waals surface area contributed by atoms with E-state index in [9.17, 15) is 0 Å². The van der Waals surface area contributed by atoms with Crippen LogP contribution in [0.5, 0.6) is 0 Å². The summed E-state index contributed by atoms with van der Waals surface area (Å²) in [6, 6.07) is 6.20. The molecule has 0 amide bonds. The molecule has 0 radical (unpaired) electrons. The Labute approximate surface area is 103 Å². The molecule has 0 aromatic carbocycles. The number of nitrogens with one attached hydrogen (secondary N) is 1. The Hall–Kier alpha value is -0.640. The van der Waals surface area contributed by atoms with Crippen molar-refractivity contribution < 1.29 is 0 Å². The van der Waals surface area contributed by atoms with Crippen molar-refractivity contribution in [3.8, 4) is 0 Å². The van der Waals surface area contributed by atoms with Gasteiger partial charge in [-0.15, -0.1) is 12.4 Å². The van der Waals surface area contributed by atoms with Crippen LogP contribution in [0.4, 0.5) is 0 Å². The zero-order valence-corrected chi connectivity index (χ0v) is 10.5. The van der Waals surface area contributed by atoms with Gasteiger partial charge in [-0.05, 0) is 50.9 Å². The van der Waals surface area contributed by atoms with Gasteiger partial charge in [-0.2, -0.15) is 0 Å². The molecule has 0 aliphatic carbocycles. The summed E-state index contributed by atoms with van der Waals surface area (Å²) in [6.07, 6.45) is 2.33. The van der Waals surface area contributed by atoms with Crippen LogP contribution in [-0.2, 0) is 0 Å². The van der Waals surface area contributed by atoms with Crippen LogP contribution in [0.25, 0.3) is 0 Å². The highest BCUT2D eigenvalue weighted by Crippen LogP contribution is 2.25. The number of hydrogen-bond donors (Lipinski definition) is 2. The largest absolute Gasteiger partial charge is 0.322 e. The molecule has 3 nitrogen and oxygen atoms in total. The zero-order chi connectivity index (χ0) is 10.7. The van der Waals surface area contributed by atoms with Gasteiger partial charge in [0.2, 0.25) is 0 Å². The molecule has 1 aliphatic heterocycles. The number of rotatable bonds is 2. The number of nitrogens with two attached hydrogens (primary N) is 1.